The van der Waals surface area contributed by atoms with E-state index in [2.05, 4.69) is 46.3 Å². The standard InChI is InChI=1S/C20H25ClN6S/c1-12(2)14-8-15(21)10-16(9-14)28-20-26-17-18(22)24-11-25-19(17)27(20)7-5-6-23-13(3)4/h8-11,13,23H,1,5-7H2,2-4H3,(H2,22,24,25). The maximum atomic E-state index is 6.30. The average Bonchev–Trinajstić information content (AvgIpc) is 2.97. The van der Waals surface area contributed by atoms with Crippen molar-refractivity contribution in [3.63, 3.8) is 0 Å². The fourth-order valence-electron chi connectivity index (χ4n) is 2.81. The molecule has 0 aliphatic carbocycles. The zero-order valence-electron chi connectivity index (χ0n) is 16.4. The smallest absolute Gasteiger partial charge is 0.175 e. The number of hydrogen-bond acceptors (Lipinski definition) is 6. The number of anilines is 1. The number of benzene rings is 1. The summed E-state index contributed by atoms with van der Waals surface area (Å²) in [5, 5.41) is 4.93. The maximum absolute atomic E-state index is 6.30. The van der Waals surface area contributed by atoms with Gasteiger partial charge in [-0.25, -0.2) is 15.0 Å². The number of nitrogen functional groups attached to an aromatic ring is 1. The number of rotatable bonds is 8. The van der Waals surface area contributed by atoms with Crippen LogP contribution in [0.25, 0.3) is 16.7 Å². The molecule has 0 spiro atoms. The third-order valence-corrected chi connectivity index (χ3v) is 5.39. The predicted octanol–water partition coefficient (Wildman–Crippen LogP) is 4.63. The first-order valence-electron chi connectivity index (χ1n) is 9.19. The largest absolute Gasteiger partial charge is 0.382 e. The molecule has 2 aromatic heterocycles. The van der Waals surface area contributed by atoms with Crippen LogP contribution < -0.4 is 11.1 Å². The normalized spacial score (nSPS) is 11.5. The van der Waals surface area contributed by atoms with Crippen LogP contribution in [0.3, 0.4) is 0 Å². The van der Waals surface area contributed by atoms with E-state index in [0.717, 1.165) is 46.3 Å². The zero-order valence-corrected chi connectivity index (χ0v) is 17.9. The van der Waals surface area contributed by atoms with Crippen molar-refractivity contribution in [2.45, 2.75) is 49.8 Å². The first kappa shape index (κ1) is 20.6. The lowest BCUT2D eigenvalue weighted by Crippen LogP contribution is -2.24. The second kappa shape index (κ2) is 8.94. The Morgan fingerprint density at radius 1 is 1.32 bits per heavy atom. The first-order chi connectivity index (χ1) is 13.3. The van der Waals surface area contributed by atoms with Gasteiger partial charge in [-0.05, 0) is 43.7 Å². The van der Waals surface area contributed by atoms with Gasteiger partial charge in [0.2, 0.25) is 0 Å². The lowest BCUT2D eigenvalue weighted by Gasteiger charge is -2.11. The molecule has 0 radical (unpaired) electrons. The highest BCUT2D eigenvalue weighted by molar-refractivity contribution is 7.99. The van der Waals surface area contributed by atoms with Crippen molar-refractivity contribution in [2.75, 3.05) is 12.3 Å². The van der Waals surface area contributed by atoms with Crippen molar-refractivity contribution < 1.29 is 0 Å². The molecular weight excluding hydrogens is 392 g/mol. The van der Waals surface area contributed by atoms with Gasteiger partial charge in [0, 0.05) is 22.5 Å². The Balaban J connectivity index is 1.94. The van der Waals surface area contributed by atoms with Gasteiger partial charge in [-0.3, -0.25) is 0 Å². The Kier molecular flexibility index (Phi) is 6.59. The van der Waals surface area contributed by atoms with Crippen molar-refractivity contribution in [2.24, 2.45) is 0 Å². The van der Waals surface area contributed by atoms with Crippen molar-refractivity contribution in [1.29, 1.82) is 0 Å². The Hall–Kier alpha value is -2.09. The van der Waals surface area contributed by atoms with Gasteiger partial charge in [0.1, 0.15) is 6.33 Å². The Labute approximate surface area is 174 Å². The molecular formula is C20H25ClN6S. The fourth-order valence-corrected chi connectivity index (χ4v) is 4.12. The number of aryl methyl sites for hydroxylation is 1. The molecule has 0 fully saturated rings. The van der Waals surface area contributed by atoms with Crippen LogP contribution in [0, 0.1) is 0 Å². The minimum atomic E-state index is 0.389. The van der Waals surface area contributed by atoms with Crippen LogP contribution in [0.5, 0.6) is 0 Å². The molecule has 28 heavy (non-hydrogen) atoms. The molecule has 0 aliphatic heterocycles. The van der Waals surface area contributed by atoms with Gasteiger partial charge < -0.3 is 15.6 Å². The SMILES string of the molecule is C=C(C)c1cc(Cl)cc(Sc2nc3c(N)ncnc3n2CCCNC(C)C)c1. The molecule has 1 aromatic carbocycles. The summed E-state index contributed by atoms with van der Waals surface area (Å²) >= 11 is 7.85. The van der Waals surface area contributed by atoms with E-state index in [1.807, 2.05) is 19.1 Å². The van der Waals surface area contributed by atoms with E-state index in [9.17, 15) is 0 Å². The third-order valence-electron chi connectivity index (χ3n) is 4.21. The summed E-state index contributed by atoms with van der Waals surface area (Å²) in [6.07, 6.45) is 2.43. The van der Waals surface area contributed by atoms with E-state index in [0.29, 0.717) is 22.4 Å². The summed E-state index contributed by atoms with van der Waals surface area (Å²) in [5.41, 5.74) is 9.39. The number of nitrogens with two attached hydrogens (primary N) is 1. The molecule has 3 N–H and O–H groups in total. The lowest BCUT2D eigenvalue weighted by molar-refractivity contribution is 0.525. The topological polar surface area (TPSA) is 81.7 Å². The second-order valence-electron chi connectivity index (χ2n) is 7.00. The van der Waals surface area contributed by atoms with Crippen LogP contribution in [-0.4, -0.2) is 32.1 Å². The van der Waals surface area contributed by atoms with Gasteiger partial charge in [0.15, 0.2) is 22.1 Å². The van der Waals surface area contributed by atoms with Gasteiger partial charge in [-0.1, -0.05) is 49.4 Å². The molecule has 0 bridgehead atoms. The van der Waals surface area contributed by atoms with Crippen LogP contribution in [0.1, 0.15) is 32.8 Å². The maximum Gasteiger partial charge on any atom is 0.175 e. The van der Waals surface area contributed by atoms with E-state index in [1.54, 1.807) is 11.8 Å². The molecule has 2 heterocycles. The number of imidazole rings is 1. The molecule has 0 saturated heterocycles. The van der Waals surface area contributed by atoms with Gasteiger partial charge >= 0.3 is 0 Å². The Morgan fingerprint density at radius 2 is 2.11 bits per heavy atom. The predicted molar refractivity (Wildman–Crippen MR) is 118 cm³/mol. The molecule has 3 rings (SSSR count). The van der Waals surface area contributed by atoms with Crippen LogP contribution in [0.2, 0.25) is 5.02 Å². The van der Waals surface area contributed by atoms with Crippen molar-refractivity contribution in [1.82, 2.24) is 24.8 Å². The minimum absolute atomic E-state index is 0.389. The fraction of sp³-hybridized carbons (Fsp3) is 0.350. The Bertz CT molecular complexity index is 998. The van der Waals surface area contributed by atoms with Crippen molar-refractivity contribution >= 4 is 45.9 Å². The zero-order chi connectivity index (χ0) is 20.3. The van der Waals surface area contributed by atoms with Crippen LogP contribution in [0.4, 0.5) is 5.82 Å². The van der Waals surface area contributed by atoms with E-state index in [1.165, 1.54) is 6.33 Å². The molecule has 6 nitrogen and oxygen atoms in total. The summed E-state index contributed by atoms with van der Waals surface area (Å²) in [6, 6.07) is 6.37. The number of halogens is 1. The van der Waals surface area contributed by atoms with Gasteiger partial charge in [0.25, 0.3) is 0 Å². The summed E-state index contributed by atoms with van der Waals surface area (Å²) in [6.45, 7) is 12.0. The van der Waals surface area contributed by atoms with Crippen molar-refractivity contribution in [3.8, 4) is 0 Å². The molecule has 0 aliphatic rings. The summed E-state index contributed by atoms with van der Waals surface area (Å²) in [4.78, 5) is 14.2. The molecule has 0 saturated carbocycles. The molecule has 8 heteroatoms. The molecule has 148 valence electrons. The van der Waals surface area contributed by atoms with Gasteiger partial charge in [-0.2, -0.15) is 0 Å². The Morgan fingerprint density at radius 3 is 2.82 bits per heavy atom. The summed E-state index contributed by atoms with van der Waals surface area (Å²) in [5.74, 6) is 0.389. The van der Waals surface area contributed by atoms with Crippen LogP contribution in [0.15, 0.2) is 41.2 Å². The number of nitrogens with zero attached hydrogens (tertiary/aromatic N) is 4. The molecule has 0 atom stereocenters. The monoisotopic (exact) mass is 416 g/mol. The molecule has 0 unspecified atom stereocenters. The van der Waals surface area contributed by atoms with E-state index < -0.39 is 0 Å². The summed E-state index contributed by atoms with van der Waals surface area (Å²) < 4.78 is 2.10. The number of fused-ring (bicyclic) bond motifs is 1. The van der Waals surface area contributed by atoms with E-state index in [-0.39, 0.29) is 0 Å². The second-order valence-corrected chi connectivity index (χ2v) is 8.47. The van der Waals surface area contributed by atoms with E-state index in [4.69, 9.17) is 22.3 Å². The summed E-state index contributed by atoms with van der Waals surface area (Å²) in [7, 11) is 0. The first-order valence-corrected chi connectivity index (χ1v) is 10.4. The highest BCUT2D eigenvalue weighted by Gasteiger charge is 2.16. The number of nitrogens with one attached hydrogen (secondary N) is 1. The molecule has 0 amide bonds. The average molecular weight is 417 g/mol. The van der Waals surface area contributed by atoms with E-state index >= 15 is 0 Å². The number of hydrogen-bond donors (Lipinski definition) is 2. The van der Waals surface area contributed by atoms with Gasteiger partial charge in [0.05, 0.1) is 0 Å². The number of aromatic nitrogens is 4. The number of allylic oxidation sites excluding steroid dienone is 1. The molecule has 3 aromatic rings. The van der Waals surface area contributed by atoms with Gasteiger partial charge in [-0.15, -0.1) is 0 Å². The minimum Gasteiger partial charge on any atom is -0.382 e. The van der Waals surface area contributed by atoms with Crippen LogP contribution in [-0.2, 0) is 6.54 Å². The lowest BCUT2D eigenvalue weighted by atomic mass is 10.1. The highest BCUT2D eigenvalue weighted by atomic mass is 35.5. The highest BCUT2D eigenvalue weighted by Crippen LogP contribution is 2.34. The van der Waals surface area contributed by atoms with Crippen LogP contribution >= 0.6 is 23.4 Å². The third kappa shape index (κ3) is 4.84. The van der Waals surface area contributed by atoms with Crippen molar-refractivity contribution in [3.05, 3.63) is 41.7 Å². The quantitative estimate of drug-likeness (QED) is 0.521.